The molecule has 0 aliphatic heterocycles. The number of ether oxygens (including phenoxy) is 2. The van der Waals surface area contributed by atoms with Crippen molar-refractivity contribution in [3.8, 4) is 11.5 Å². The van der Waals surface area contributed by atoms with Crippen LogP contribution < -0.4 is 19.1 Å². The maximum atomic E-state index is 14.0. The highest BCUT2D eigenvalue weighted by Gasteiger charge is 2.29. The second-order valence-corrected chi connectivity index (χ2v) is 10.8. The number of hydrogen-bond acceptors (Lipinski definition) is 5. The van der Waals surface area contributed by atoms with E-state index in [1.807, 2.05) is 6.92 Å². The molecule has 0 heterocycles. The summed E-state index contributed by atoms with van der Waals surface area (Å²) in [7, 11) is -1.04. The zero-order valence-corrected chi connectivity index (χ0v) is 22.7. The molecule has 0 saturated carbocycles. The first kappa shape index (κ1) is 27.0. The summed E-state index contributed by atoms with van der Waals surface area (Å²) >= 11 is 6.05. The van der Waals surface area contributed by atoms with E-state index in [1.54, 1.807) is 91.0 Å². The van der Waals surface area contributed by atoms with Crippen LogP contribution in [-0.4, -0.2) is 28.5 Å². The van der Waals surface area contributed by atoms with Crippen LogP contribution in [0.5, 0.6) is 11.5 Å². The number of anilines is 2. The van der Waals surface area contributed by atoms with Gasteiger partial charge in [0.05, 0.1) is 42.6 Å². The van der Waals surface area contributed by atoms with E-state index in [2.05, 4.69) is 5.32 Å². The third kappa shape index (κ3) is 5.93. The van der Waals surface area contributed by atoms with Crippen molar-refractivity contribution < 1.29 is 22.7 Å². The van der Waals surface area contributed by atoms with E-state index in [1.165, 1.54) is 18.5 Å². The first-order valence-corrected chi connectivity index (χ1v) is 13.5. The fraction of sp³-hybridized carbons (Fsp3) is 0.138. The van der Waals surface area contributed by atoms with Gasteiger partial charge in [-0.25, -0.2) is 8.42 Å². The van der Waals surface area contributed by atoms with Crippen LogP contribution >= 0.6 is 11.6 Å². The van der Waals surface area contributed by atoms with Gasteiger partial charge in [0.1, 0.15) is 11.5 Å². The number of sulfonamides is 1. The Morgan fingerprint density at radius 3 is 2.24 bits per heavy atom. The highest BCUT2D eigenvalue weighted by Crippen LogP contribution is 2.33. The Morgan fingerprint density at radius 1 is 0.895 bits per heavy atom. The zero-order valence-electron chi connectivity index (χ0n) is 21.1. The lowest BCUT2D eigenvalue weighted by atomic mass is 10.1. The van der Waals surface area contributed by atoms with Gasteiger partial charge in [0.25, 0.3) is 15.9 Å². The normalized spacial score (nSPS) is 11.1. The Kier molecular flexibility index (Phi) is 8.24. The van der Waals surface area contributed by atoms with Gasteiger partial charge in [-0.1, -0.05) is 53.6 Å². The molecule has 0 bridgehead atoms. The number of para-hydroxylation sites is 1. The van der Waals surface area contributed by atoms with E-state index < -0.39 is 15.9 Å². The minimum atomic E-state index is -4.06. The van der Waals surface area contributed by atoms with Gasteiger partial charge in [-0.05, 0) is 61.0 Å². The number of halogens is 1. The number of amides is 1. The molecule has 4 rings (SSSR count). The molecule has 0 aromatic heterocycles. The molecule has 0 saturated heterocycles. The van der Waals surface area contributed by atoms with E-state index in [0.717, 1.165) is 5.56 Å². The largest absolute Gasteiger partial charge is 0.497 e. The molecule has 0 fully saturated rings. The minimum Gasteiger partial charge on any atom is -0.497 e. The molecular weight excluding hydrogens is 524 g/mol. The van der Waals surface area contributed by atoms with E-state index in [0.29, 0.717) is 27.8 Å². The third-order valence-corrected chi connectivity index (χ3v) is 7.95. The summed E-state index contributed by atoms with van der Waals surface area (Å²) in [6.07, 6.45) is 0. The lowest BCUT2D eigenvalue weighted by Gasteiger charge is -2.27. The first-order chi connectivity index (χ1) is 18.2. The van der Waals surface area contributed by atoms with Crippen molar-refractivity contribution in [2.24, 2.45) is 0 Å². The van der Waals surface area contributed by atoms with Crippen molar-refractivity contribution in [2.75, 3.05) is 23.8 Å². The van der Waals surface area contributed by atoms with E-state index in [-0.39, 0.29) is 22.7 Å². The number of nitrogens with one attached hydrogen (secondary N) is 1. The quantitative estimate of drug-likeness (QED) is 0.264. The molecule has 1 N–H and O–H groups in total. The van der Waals surface area contributed by atoms with Crippen LogP contribution in [0, 0.1) is 6.92 Å². The smallest absolute Gasteiger partial charge is 0.264 e. The Bertz CT molecular complexity index is 1540. The number of rotatable bonds is 9. The molecule has 0 aliphatic carbocycles. The molecule has 196 valence electrons. The van der Waals surface area contributed by atoms with Crippen molar-refractivity contribution in [2.45, 2.75) is 18.4 Å². The third-order valence-electron chi connectivity index (χ3n) is 5.92. The Labute approximate surface area is 227 Å². The summed E-state index contributed by atoms with van der Waals surface area (Å²) in [4.78, 5) is 13.7. The number of carbonyl (C=O) groups excluding carboxylic acids is 1. The summed E-state index contributed by atoms with van der Waals surface area (Å²) < 4.78 is 39.8. The second kappa shape index (κ2) is 11.6. The van der Waals surface area contributed by atoms with Crippen molar-refractivity contribution in [1.29, 1.82) is 0 Å². The van der Waals surface area contributed by atoms with Crippen LogP contribution in [-0.2, 0) is 16.6 Å². The molecule has 0 spiro atoms. The molecule has 0 atom stereocenters. The van der Waals surface area contributed by atoms with Gasteiger partial charge < -0.3 is 14.8 Å². The van der Waals surface area contributed by atoms with E-state index in [4.69, 9.17) is 21.1 Å². The van der Waals surface area contributed by atoms with Crippen molar-refractivity contribution in [3.05, 3.63) is 113 Å². The van der Waals surface area contributed by atoms with Crippen molar-refractivity contribution >= 4 is 38.9 Å². The van der Waals surface area contributed by atoms with Gasteiger partial charge >= 0.3 is 0 Å². The Morgan fingerprint density at radius 2 is 1.58 bits per heavy atom. The average Bonchev–Trinajstić information content (AvgIpc) is 2.92. The lowest BCUT2D eigenvalue weighted by molar-refractivity contribution is 0.102. The second-order valence-electron chi connectivity index (χ2n) is 8.49. The van der Waals surface area contributed by atoms with Crippen LogP contribution in [0.15, 0.2) is 95.9 Å². The van der Waals surface area contributed by atoms with E-state index >= 15 is 0 Å². The van der Waals surface area contributed by atoms with Gasteiger partial charge in [0.2, 0.25) is 0 Å². The number of methoxy groups -OCH3 is 2. The average molecular weight is 551 g/mol. The van der Waals surface area contributed by atoms with Crippen LogP contribution in [0.25, 0.3) is 0 Å². The SMILES string of the molecule is COc1ccc(OC)c(NC(=O)c2ccccc2N(Cc2ccc(Cl)cc2)S(=O)(=O)c2ccc(C)cc2)c1. The van der Waals surface area contributed by atoms with Crippen LogP contribution in [0.1, 0.15) is 21.5 Å². The van der Waals surface area contributed by atoms with Crippen LogP contribution in [0.3, 0.4) is 0 Å². The molecule has 0 radical (unpaired) electrons. The van der Waals surface area contributed by atoms with Crippen LogP contribution in [0.4, 0.5) is 11.4 Å². The van der Waals surface area contributed by atoms with Gasteiger partial charge in [-0.3, -0.25) is 9.10 Å². The molecule has 9 heteroatoms. The topological polar surface area (TPSA) is 84.9 Å². The summed E-state index contributed by atoms with van der Waals surface area (Å²) in [6.45, 7) is 1.87. The molecule has 38 heavy (non-hydrogen) atoms. The predicted octanol–water partition coefficient (Wildman–Crippen LogP) is 6.31. The van der Waals surface area contributed by atoms with Gasteiger partial charge in [-0.15, -0.1) is 0 Å². The lowest BCUT2D eigenvalue weighted by Crippen LogP contribution is -2.32. The fourth-order valence-corrected chi connectivity index (χ4v) is 5.47. The van der Waals surface area contributed by atoms with E-state index in [9.17, 15) is 13.2 Å². The maximum Gasteiger partial charge on any atom is 0.264 e. The summed E-state index contributed by atoms with van der Waals surface area (Å²) in [5.74, 6) is 0.454. The molecular formula is C29H27ClN2O5S. The monoisotopic (exact) mass is 550 g/mol. The summed E-state index contributed by atoms with van der Waals surface area (Å²) in [6, 6.07) is 25.1. The van der Waals surface area contributed by atoms with Crippen molar-refractivity contribution in [1.82, 2.24) is 0 Å². The fourth-order valence-electron chi connectivity index (χ4n) is 3.88. The maximum absolute atomic E-state index is 14.0. The predicted molar refractivity (Wildman–Crippen MR) is 150 cm³/mol. The molecule has 4 aromatic carbocycles. The molecule has 4 aromatic rings. The standard InChI is InChI=1S/C29H27ClN2O5S/c1-20-8-15-24(16-9-20)38(34,35)32(19-21-10-12-22(30)13-11-21)27-7-5-4-6-25(27)29(33)31-26-18-23(36-2)14-17-28(26)37-3/h4-18H,19H2,1-3H3,(H,31,33). The minimum absolute atomic E-state index is 0.0137. The summed E-state index contributed by atoms with van der Waals surface area (Å²) in [5.41, 5.74) is 2.41. The molecule has 7 nitrogen and oxygen atoms in total. The Balaban J connectivity index is 1.80. The molecule has 0 aliphatic rings. The van der Waals surface area contributed by atoms with Gasteiger partial charge in [0, 0.05) is 11.1 Å². The highest BCUT2D eigenvalue weighted by atomic mass is 35.5. The molecule has 1 amide bonds. The van der Waals surface area contributed by atoms with Gasteiger partial charge in [0.15, 0.2) is 0 Å². The van der Waals surface area contributed by atoms with Crippen LogP contribution in [0.2, 0.25) is 5.02 Å². The van der Waals surface area contributed by atoms with Crippen molar-refractivity contribution in [3.63, 3.8) is 0 Å². The Hall–Kier alpha value is -4.01. The number of hydrogen-bond donors (Lipinski definition) is 1. The number of aryl methyl sites for hydroxylation is 1. The number of nitrogens with zero attached hydrogens (tertiary/aromatic N) is 1. The number of benzene rings is 4. The first-order valence-electron chi connectivity index (χ1n) is 11.7. The molecule has 0 unspecified atom stereocenters. The highest BCUT2D eigenvalue weighted by molar-refractivity contribution is 7.92. The number of carbonyl (C=O) groups is 1. The van der Waals surface area contributed by atoms with Gasteiger partial charge in [-0.2, -0.15) is 0 Å². The zero-order chi connectivity index (χ0) is 27.3. The summed E-state index contributed by atoms with van der Waals surface area (Å²) in [5, 5.41) is 3.37.